The lowest BCUT2D eigenvalue weighted by Crippen LogP contribution is -2.32. The van der Waals surface area contributed by atoms with Crippen molar-refractivity contribution in [3.05, 3.63) is 6.33 Å². The third-order valence-corrected chi connectivity index (χ3v) is 2.38. The van der Waals surface area contributed by atoms with E-state index in [0.29, 0.717) is 0 Å². The standard InChI is InChI=1S/C10H20N6O/c1-14(2)5-4-6-15(3)9(17)7-16-8-12-10(11)13-16/h8H,4-7H2,1-3H3,(H2,11,13). The van der Waals surface area contributed by atoms with Crippen LogP contribution in [0.5, 0.6) is 0 Å². The van der Waals surface area contributed by atoms with Crippen molar-refractivity contribution in [3.8, 4) is 0 Å². The summed E-state index contributed by atoms with van der Waals surface area (Å²) in [5.41, 5.74) is 5.37. The smallest absolute Gasteiger partial charge is 0.244 e. The van der Waals surface area contributed by atoms with E-state index in [1.165, 1.54) is 11.0 Å². The summed E-state index contributed by atoms with van der Waals surface area (Å²) < 4.78 is 1.44. The third kappa shape index (κ3) is 4.81. The summed E-state index contributed by atoms with van der Waals surface area (Å²) in [6.07, 6.45) is 2.41. The fourth-order valence-electron chi connectivity index (χ4n) is 1.39. The van der Waals surface area contributed by atoms with Gasteiger partial charge in [0.25, 0.3) is 0 Å². The first-order valence-corrected chi connectivity index (χ1v) is 5.52. The molecule has 0 atom stereocenters. The highest BCUT2D eigenvalue weighted by Gasteiger charge is 2.10. The summed E-state index contributed by atoms with van der Waals surface area (Å²) in [5.74, 6) is 0.196. The third-order valence-electron chi connectivity index (χ3n) is 2.38. The number of nitrogens with zero attached hydrogens (tertiary/aromatic N) is 5. The van der Waals surface area contributed by atoms with E-state index in [-0.39, 0.29) is 18.4 Å². The number of carbonyl (C=O) groups excluding carboxylic acids is 1. The van der Waals surface area contributed by atoms with Crippen LogP contribution in [0, 0.1) is 0 Å². The van der Waals surface area contributed by atoms with Crippen LogP contribution in [0.2, 0.25) is 0 Å². The molecule has 0 bridgehead atoms. The maximum atomic E-state index is 11.8. The van der Waals surface area contributed by atoms with E-state index in [0.717, 1.165) is 19.5 Å². The van der Waals surface area contributed by atoms with Crippen molar-refractivity contribution in [3.63, 3.8) is 0 Å². The zero-order valence-corrected chi connectivity index (χ0v) is 10.6. The second-order valence-electron chi connectivity index (χ2n) is 4.27. The first-order chi connectivity index (χ1) is 7.99. The average Bonchev–Trinajstić information content (AvgIpc) is 2.63. The Morgan fingerprint density at radius 2 is 2.12 bits per heavy atom. The van der Waals surface area contributed by atoms with Crippen LogP contribution in [0.1, 0.15) is 6.42 Å². The molecule has 1 aromatic heterocycles. The maximum Gasteiger partial charge on any atom is 0.244 e. The van der Waals surface area contributed by atoms with Crippen LogP contribution in [-0.2, 0) is 11.3 Å². The molecule has 1 aromatic rings. The van der Waals surface area contributed by atoms with Gasteiger partial charge in [0.15, 0.2) is 0 Å². The predicted octanol–water partition coefficient (Wildman–Crippen LogP) is -0.730. The summed E-state index contributed by atoms with van der Waals surface area (Å²) >= 11 is 0. The van der Waals surface area contributed by atoms with Crippen molar-refractivity contribution < 1.29 is 4.79 Å². The molecule has 2 N–H and O–H groups in total. The number of likely N-dealkylation sites (N-methyl/N-ethyl adjacent to an activating group) is 1. The van der Waals surface area contributed by atoms with Crippen LogP contribution >= 0.6 is 0 Å². The monoisotopic (exact) mass is 240 g/mol. The predicted molar refractivity (Wildman–Crippen MR) is 65.2 cm³/mol. The SMILES string of the molecule is CN(C)CCCN(C)C(=O)Cn1cnc(N)n1. The fraction of sp³-hybridized carbons (Fsp3) is 0.700. The summed E-state index contributed by atoms with van der Waals surface area (Å²) in [7, 11) is 5.82. The van der Waals surface area contributed by atoms with Gasteiger partial charge in [0.2, 0.25) is 11.9 Å². The minimum absolute atomic E-state index is 0.00801. The van der Waals surface area contributed by atoms with Crippen molar-refractivity contribution in [1.29, 1.82) is 0 Å². The molecule has 7 heteroatoms. The van der Waals surface area contributed by atoms with Gasteiger partial charge in [0, 0.05) is 13.6 Å². The highest BCUT2D eigenvalue weighted by Crippen LogP contribution is 1.95. The zero-order valence-electron chi connectivity index (χ0n) is 10.6. The molecule has 0 aromatic carbocycles. The van der Waals surface area contributed by atoms with Crippen LogP contribution in [0.25, 0.3) is 0 Å². The number of aromatic nitrogens is 3. The molecule has 0 spiro atoms. The van der Waals surface area contributed by atoms with Crippen molar-refractivity contribution in [1.82, 2.24) is 24.6 Å². The molecule has 0 unspecified atom stereocenters. The molecule has 0 radical (unpaired) electrons. The van der Waals surface area contributed by atoms with Gasteiger partial charge < -0.3 is 15.5 Å². The van der Waals surface area contributed by atoms with Gasteiger partial charge >= 0.3 is 0 Å². The Balaban J connectivity index is 2.32. The van der Waals surface area contributed by atoms with Crippen LogP contribution in [0.15, 0.2) is 6.33 Å². The molecule has 1 rings (SSSR count). The van der Waals surface area contributed by atoms with Gasteiger partial charge in [-0.25, -0.2) is 9.67 Å². The molecular weight excluding hydrogens is 220 g/mol. The Bertz CT molecular complexity index is 361. The van der Waals surface area contributed by atoms with Crippen molar-refractivity contribution >= 4 is 11.9 Å². The molecule has 0 saturated heterocycles. The Kier molecular flexibility index (Phi) is 4.89. The molecule has 0 saturated carbocycles. The van der Waals surface area contributed by atoms with Crippen LogP contribution in [0.4, 0.5) is 5.95 Å². The minimum Gasteiger partial charge on any atom is -0.367 e. The minimum atomic E-state index is 0.00801. The van der Waals surface area contributed by atoms with Gasteiger partial charge in [-0.2, -0.15) is 0 Å². The molecule has 96 valence electrons. The van der Waals surface area contributed by atoms with Crippen LogP contribution < -0.4 is 5.73 Å². The topological polar surface area (TPSA) is 80.3 Å². The first-order valence-electron chi connectivity index (χ1n) is 5.52. The van der Waals surface area contributed by atoms with Gasteiger partial charge in [0.05, 0.1) is 0 Å². The quantitative estimate of drug-likeness (QED) is 0.709. The number of carbonyl (C=O) groups is 1. The lowest BCUT2D eigenvalue weighted by Gasteiger charge is -2.18. The summed E-state index contributed by atoms with van der Waals surface area (Å²) in [6.45, 7) is 1.89. The van der Waals surface area contributed by atoms with Crippen molar-refractivity contribution in [2.75, 3.05) is 40.0 Å². The molecule has 17 heavy (non-hydrogen) atoms. The van der Waals surface area contributed by atoms with E-state index < -0.39 is 0 Å². The Morgan fingerprint density at radius 1 is 1.41 bits per heavy atom. The largest absolute Gasteiger partial charge is 0.367 e. The first kappa shape index (κ1) is 13.4. The Labute approximate surface area is 101 Å². The average molecular weight is 240 g/mol. The summed E-state index contributed by atoms with van der Waals surface area (Å²) in [6, 6.07) is 0. The zero-order chi connectivity index (χ0) is 12.8. The molecule has 0 fully saturated rings. The molecular formula is C10H20N6O. The van der Waals surface area contributed by atoms with Gasteiger partial charge in [0.1, 0.15) is 12.9 Å². The second kappa shape index (κ2) is 6.19. The lowest BCUT2D eigenvalue weighted by molar-refractivity contribution is -0.130. The summed E-state index contributed by atoms with van der Waals surface area (Å²) in [4.78, 5) is 19.3. The summed E-state index contributed by atoms with van der Waals surface area (Å²) in [5, 5.41) is 3.87. The molecule has 0 aliphatic heterocycles. The molecule has 1 heterocycles. The molecule has 7 nitrogen and oxygen atoms in total. The number of hydrogen-bond donors (Lipinski definition) is 1. The van der Waals surface area contributed by atoms with E-state index in [1.54, 1.807) is 11.9 Å². The van der Waals surface area contributed by atoms with E-state index >= 15 is 0 Å². The second-order valence-corrected chi connectivity index (χ2v) is 4.27. The van der Waals surface area contributed by atoms with Crippen molar-refractivity contribution in [2.45, 2.75) is 13.0 Å². The molecule has 0 aliphatic carbocycles. The van der Waals surface area contributed by atoms with E-state index in [1.807, 2.05) is 14.1 Å². The highest BCUT2D eigenvalue weighted by atomic mass is 16.2. The Morgan fingerprint density at radius 3 is 2.65 bits per heavy atom. The molecule has 0 aliphatic rings. The van der Waals surface area contributed by atoms with Crippen LogP contribution in [0.3, 0.4) is 0 Å². The number of hydrogen-bond acceptors (Lipinski definition) is 5. The van der Waals surface area contributed by atoms with Gasteiger partial charge in [-0.1, -0.05) is 0 Å². The highest BCUT2D eigenvalue weighted by molar-refractivity contribution is 5.75. The van der Waals surface area contributed by atoms with E-state index in [9.17, 15) is 4.79 Å². The number of rotatable bonds is 6. The van der Waals surface area contributed by atoms with Gasteiger partial charge in [-0.15, -0.1) is 5.10 Å². The number of amides is 1. The van der Waals surface area contributed by atoms with Gasteiger partial charge in [-0.3, -0.25) is 4.79 Å². The maximum absolute atomic E-state index is 11.8. The number of nitrogens with two attached hydrogens (primary N) is 1. The fourth-order valence-corrected chi connectivity index (χ4v) is 1.39. The van der Waals surface area contributed by atoms with Gasteiger partial charge in [-0.05, 0) is 27.1 Å². The number of anilines is 1. The Hall–Kier alpha value is -1.63. The lowest BCUT2D eigenvalue weighted by atomic mass is 10.3. The normalized spacial score (nSPS) is 10.8. The van der Waals surface area contributed by atoms with E-state index in [4.69, 9.17) is 5.73 Å². The van der Waals surface area contributed by atoms with Crippen LogP contribution in [-0.4, -0.2) is 64.7 Å². The van der Waals surface area contributed by atoms with Crippen molar-refractivity contribution in [2.24, 2.45) is 0 Å². The van der Waals surface area contributed by atoms with E-state index in [2.05, 4.69) is 15.0 Å². The number of nitrogen functional groups attached to an aromatic ring is 1. The molecule has 1 amide bonds.